The van der Waals surface area contributed by atoms with Crippen LogP contribution in [-0.4, -0.2) is 49.0 Å². The minimum Gasteiger partial charge on any atom is -0.497 e. The van der Waals surface area contributed by atoms with Crippen LogP contribution in [0.1, 0.15) is 31.6 Å². The van der Waals surface area contributed by atoms with Gasteiger partial charge < -0.3 is 14.5 Å². The molecule has 1 saturated heterocycles. The highest BCUT2D eigenvalue weighted by molar-refractivity contribution is 7.89. The van der Waals surface area contributed by atoms with Crippen molar-refractivity contribution in [3.63, 3.8) is 0 Å². The van der Waals surface area contributed by atoms with Gasteiger partial charge >= 0.3 is 0 Å². The number of hydrogen-bond donors (Lipinski definition) is 1. The zero-order chi connectivity index (χ0) is 22.7. The zero-order valence-electron chi connectivity index (χ0n) is 17.8. The molecule has 4 rings (SSSR count). The molecule has 0 saturated carbocycles. The monoisotopic (exact) mass is 456 g/mol. The third-order valence-corrected chi connectivity index (χ3v) is 7.18. The third kappa shape index (κ3) is 4.66. The molecule has 9 nitrogen and oxygen atoms in total. The average molecular weight is 457 g/mol. The normalized spacial score (nSPS) is 17.1. The second-order valence-electron chi connectivity index (χ2n) is 7.59. The van der Waals surface area contributed by atoms with E-state index in [-0.39, 0.29) is 23.3 Å². The van der Waals surface area contributed by atoms with Gasteiger partial charge in [0, 0.05) is 31.3 Å². The van der Waals surface area contributed by atoms with Crippen molar-refractivity contribution in [1.82, 2.24) is 14.5 Å². The molecule has 1 N–H and O–H groups in total. The van der Waals surface area contributed by atoms with Gasteiger partial charge in [-0.25, -0.2) is 8.42 Å². The lowest BCUT2D eigenvalue weighted by Crippen LogP contribution is -2.39. The first-order chi connectivity index (χ1) is 15.4. The van der Waals surface area contributed by atoms with Crippen molar-refractivity contribution in [3.05, 3.63) is 54.4 Å². The van der Waals surface area contributed by atoms with E-state index in [1.165, 1.54) is 23.4 Å². The highest BCUT2D eigenvalue weighted by Crippen LogP contribution is 2.32. The number of aromatic nitrogens is 2. The number of carbonyl (C=O) groups excluding carboxylic acids is 1. The number of piperidine rings is 1. The molecule has 1 aliphatic rings. The molecule has 168 valence electrons. The van der Waals surface area contributed by atoms with E-state index in [1.54, 1.807) is 25.3 Å². The zero-order valence-corrected chi connectivity index (χ0v) is 18.6. The van der Waals surface area contributed by atoms with E-state index in [9.17, 15) is 13.2 Å². The van der Waals surface area contributed by atoms with Crippen molar-refractivity contribution >= 4 is 21.6 Å². The summed E-state index contributed by atoms with van der Waals surface area (Å²) in [7, 11) is -2.10. The molecule has 2 heterocycles. The molecule has 0 unspecified atom stereocenters. The number of methoxy groups -OCH3 is 1. The van der Waals surface area contributed by atoms with Crippen molar-refractivity contribution in [3.8, 4) is 17.2 Å². The van der Waals surface area contributed by atoms with Crippen LogP contribution in [0.15, 0.2) is 57.8 Å². The van der Waals surface area contributed by atoms with Crippen molar-refractivity contribution in [2.45, 2.75) is 30.6 Å². The highest BCUT2D eigenvalue weighted by Gasteiger charge is 2.33. The van der Waals surface area contributed by atoms with Crippen LogP contribution in [0.4, 0.5) is 5.69 Å². The molecule has 10 heteroatoms. The van der Waals surface area contributed by atoms with Gasteiger partial charge in [-0.2, -0.15) is 4.31 Å². The maximum absolute atomic E-state index is 13.2. The first kappa shape index (κ1) is 22.0. The lowest BCUT2D eigenvalue weighted by molar-refractivity contribution is -0.114. The van der Waals surface area contributed by atoms with Crippen LogP contribution >= 0.6 is 0 Å². The molecule has 0 radical (unpaired) electrons. The van der Waals surface area contributed by atoms with Crippen LogP contribution < -0.4 is 10.1 Å². The van der Waals surface area contributed by atoms with E-state index in [2.05, 4.69) is 15.5 Å². The molecule has 1 aliphatic heterocycles. The summed E-state index contributed by atoms with van der Waals surface area (Å²) in [5.41, 5.74) is 1.28. The molecule has 0 bridgehead atoms. The van der Waals surface area contributed by atoms with Crippen LogP contribution in [0.5, 0.6) is 5.75 Å². The van der Waals surface area contributed by atoms with E-state index in [0.29, 0.717) is 36.2 Å². The van der Waals surface area contributed by atoms with Crippen LogP contribution in [0.25, 0.3) is 11.5 Å². The van der Waals surface area contributed by atoms with Gasteiger partial charge in [-0.3, -0.25) is 4.79 Å². The summed E-state index contributed by atoms with van der Waals surface area (Å²) in [6.45, 7) is 2.08. The number of carbonyl (C=O) groups is 1. The van der Waals surface area contributed by atoms with Gasteiger partial charge in [0.05, 0.1) is 17.9 Å². The van der Waals surface area contributed by atoms with Gasteiger partial charge in [0.2, 0.25) is 27.7 Å². The Hall–Kier alpha value is -3.24. The Balaban J connectivity index is 1.51. The number of nitrogens with zero attached hydrogens (tertiary/aromatic N) is 3. The molecule has 1 aromatic heterocycles. The van der Waals surface area contributed by atoms with Crippen molar-refractivity contribution < 1.29 is 22.4 Å². The number of rotatable bonds is 6. The van der Waals surface area contributed by atoms with E-state index >= 15 is 0 Å². The number of benzene rings is 2. The number of amides is 1. The van der Waals surface area contributed by atoms with Gasteiger partial charge in [-0.05, 0) is 55.3 Å². The number of hydrogen-bond acceptors (Lipinski definition) is 7. The predicted molar refractivity (Wildman–Crippen MR) is 118 cm³/mol. The average Bonchev–Trinajstić information content (AvgIpc) is 3.30. The topological polar surface area (TPSA) is 115 Å². The Kier molecular flexibility index (Phi) is 6.24. The summed E-state index contributed by atoms with van der Waals surface area (Å²) in [5.74, 6) is 1.06. The fourth-order valence-corrected chi connectivity index (χ4v) is 5.22. The lowest BCUT2D eigenvalue weighted by atomic mass is 10.00. The summed E-state index contributed by atoms with van der Waals surface area (Å²) in [6.07, 6.45) is 1.44. The summed E-state index contributed by atoms with van der Waals surface area (Å²) < 4.78 is 38.9. The minimum atomic E-state index is -3.69. The van der Waals surface area contributed by atoms with Gasteiger partial charge in [0.25, 0.3) is 0 Å². The second kappa shape index (κ2) is 9.09. The Morgan fingerprint density at radius 1 is 1.19 bits per heavy atom. The highest BCUT2D eigenvalue weighted by atomic mass is 32.2. The van der Waals surface area contributed by atoms with Gasteiger partial charge in [0.1, 0.15) is 5.75 Å². The maximum atomic E-state index is 13.2. The van der Waals surface area contributed by atoms with Gasteiger partial charge in [-0.1, -0.05) is 6.07 Å². The second-order valence-corrected chi connectivity index (χ2v) is 9.52. The number of ether oxygens (including phenoxy) is 1. The predicted octanol–water partition coefficient (Wildman–Crippen LogP) is 3.27. The van der Waals surface area contributed by atoms with Crippen molar-refractivity contribution in [2.75, 3.05) is 25.5 Å². The fourth-order valence-electron chi connectivity index (χ4n) is 3.70. The molecular formula is C22H24N4O5S. The largest absolute Gasteiger partial charge is 0.497 e. The maximum Gasteiger partial charge on any atom is 0.247 e. The Morgan fingerprint density at radius 2 is 1.97 bits per heavy atom. The fraction of sp³-hybridized carbons (Fsp3) is 0.318. The van der Waals surface area contributed by atoms with E-state index < -0.39 is 10.0 Å². The summed E-state index contributed by atoms with van der Waals surface area (Å²) in [4.78, 5) is 11.3. The number of sulfonamides is 1. The molecule has 1 fully saturated rings. The van der Waals surface area contributed by atoms with Crippen LogP contribution in [-0.2, 0) is 14.8 Å². The molecule has 1 atom stereocenters. The van der Waals surface area contributed by atoms with Crippen LogP contribution in [0, 0.1) is 0 Å². The molecule has 0 aliphatic carbocycles. The molecule has 32 heavy (non-hydrogen) atoms. The Bertz CT molecular complexity index is 1210. The molecule has 0 spiro atoms. The smallest absolute Gasteiger partial charge is 0.247 e. The SMILES string of the molecule is COc1cccc(-c2nnc([C@@H]3CCCN(S(=O)(=O)c4ccc(NC(C)=O)cc4)C3)o2)c1. The van der Waals surface area contributed by atoms with Gasteiger partial charge in [0.15, 0.2) is 0 Å². The molecule has 1 amide bonds. The van der Waals surface area contributed by atoms with Gasteiger partial charge in [-0.15, -0.1) is 10.2 Å². The first-order valence-corrected chi connectivity index (χ1v) is 11.7. The quantitative estimate of drug-likeness (QED) is 0.605. The summed E-state index contributed by atoms with van der Waals surface area (Å²) in [6, 6.07) is 13.5. The standard InChI is InChI=1S/C22H24N4O5S/c1-15(27)23-18-8-10-20(11-9-18)32(28,29)26-12-4-6-17(14-26)22-25-24-21(31-22)16-5-3-7-19(13-16)30-2/h3,5,7-11,13,17H,4,6,12,14H2,1-2H3,(H,23,27)/t17-/m1/s1. The summed E-state index contributed by atoms with van der Waals surface area (Å²) in [5, 5.41) is 11.0. The number of anilines is 1. The van der Waals surface area contributed by atoms with E-state index in [4.69, 9.17) is 9.15 Å². The van der Waals surface area contributed by atoms with Crippen molar-refractivity contribution in [1.29, 1.82) is 0 Å². The Morgan fingerprint density at radius 3 is 2.69 bits per heavy atom. The lowest BCUT2D eigenvalue weighted by Gasteiger charge is -2.30. The molecule has 2 aromatic carbocycles. The van der Waals surface area contributed by atoms with Crippen LogP contribution in [0.3, 0.4) is 0 Å². The molecule has 3 aromatic rings. The van der Waals surface area contributed by atoms with Crippen molar-refractivity contribution in [2.24, 2.45) is 0 Å². The first-order valence-electron chi connectivity index (χ1n) is 10.2. The summed E-state index contributed by atoms with van der Waals surface area (Å²) >= 11 is 0. The Labute approximate surface area is 186 Å². The number of nitrogens with one attached hydrogen (secondary N) is 1. The van der Waals surface area contributed by atoms with E-state index in [1.807, 2.05) is 18.2 Å². The van der Waals surface area contributed by atoms with Crippen LogP contribution in [0.2, 0.25) is 0 Å². The molecular weight excluding hydrogens is 432 g/mol. The van der Waals surface area contributed by atoms with E-state index in [0.717, 1.165) is 12.0 Å². The third-order valence-electron chi connectivity index (χ3n) is 5.30. The minimum absolute atomic E-state index is 0.176.